The molecular weight excluding hydrogens is 252 g/mol. The van der Waals surface area contributed by atoms with Crippen LogP contribution in [0.5, 0.6) is 0 Å². The minimum Gasteiger partial charge on any atom is -0.377 e. The fourth-order valence-electron chi connectivity index (χ4n) is 2.78. The lowest BCUT2D eigenvalue weighted by Gasteiger charge is -2.18. The van der Waals surface area contributed by atoms with E-state index in [0.29, 0.717) is 12.5 Å². The molecule has 0 aromatic carbocycles. The van der Waals surface area contributed by atoms with Crippen molar-refractivity contribution in [2.24, 2.45) is 5.92 Å². The SMILES string of the molecule is CCN1C[C@H](NS(=O)(=O)C[C@H]2CCCO2)[C@@H](C)C1. The summed E-state index contributed by atoms with van der Waals surface area (Å²) in [5.74, 6) is 0.492. The van der Waals surface area contributed by atoms with Crippen LogP contribution in [0.3, 0.4) is 0 Å². The molecule has 1 N–H and O–H groups in total. The third-order valence-corrected chi connectivity index (χ3v) is 5.37. The van der Waals surface area contributed by atoms with Gasteiger partial charge in [-0.25, -0.2) is 13.1 Å². The Kier molecular flexibility index (Phi) is 4.64. The van der Waals surface area contributed by atoms with Crippen molar-refractivity contribution in [2.75, 3.05) is 32.0 Å². The van der Waals surface area contributed by atoms with E-state index in [1.165, 1.54) is 0 Å². The number of hydrogen-bond acceptors (Lipinski definition) is 4. The fraction of sp³-hybridized carbons (Fsp3) is 1.00. The summed E-state index contributed by atoms with van der Waals surface area (Å²) >= 11 is 0. The number of nitrogens with zero attached hydrogens (tertiary/aromatic N) is 1. The van der Waals surface area contributed by atoms with E-state index in [2.05, 4.69) is 23.5 Å². The molecule has 2 fully saturated rings. The Morgan fingerprint density at radius 3 is 2.72 bits per heavy atom. The fourth-order valence-corrected chi connectivity index (χ4v) is 4.39. The average molecular weight is 276 g/mol. The third kappa shape index (κ3) is 3.66. The summed E-state index contributed by atoms with van der Waals surface area (Å²) in [7, 11) is -3.21. The quantitative estimate of drug-likeness (QED) is 0.791. The molecule has 0 amide bonds. The number of likely N-dealkylation sites (N-methyl/N-ethyl adjacent to an activating group) is 1. The van der Waals surface area contributed by atoms with Crippen LogP contribution in [0.2, 0.25) is 0 Å². The van der Waals surface area contributed by atoms with E-state index in [-0.39, 0.29) is 17.9 Å². The van der Waals surface area contributed by atoms with Gasteiger partial charge in [0.2, 0.25) is 10.0 Å². The predicted molar refractivity (Wildman–Crippen MR) is 71.0 cm³/mol. The van der Waals surface area contributed by atoms with Gasteiger partial charge in [0, 0.05) is 25.7 Å². The van der Waals surface area contributed by atoms with Crippen LogP contribution in [-0.4, -0.2) is 57.5 Å². The first kappa shape index (κ1) is 14.2. The molecule has 106 valence electrons. The minimum atomic E-state index is -3.21. The van der Waals surface area contributed by atoms with E-state index in [9.17, 15) is 8.42 Å². The van der Waals surface area contributed by atoms with Crippen molar-refractivity contribution >= 4 is 10.0 Å². The summed E-state index contributed by atoms with van der Waals surface area (Å²) in [6.07, 6.45) is 1.73. The molecule has 2 rings (SSSR count). The molecule has 5 nitrogen and oxygen atoms in total. The third-order valence-electron chi connectivity index (χ3n) is 3.90. The molecule has 2 heterocycles. The second kappa shape index (κ2) is 5.86. The smallest absolute Gasteiger partial charge is 0.214 e. The monoisotopic (exact) mass is 276 g/mol. The van der Waals surface area contributed by atoms with Gasteiger partial charge >= 0.3 is 0 Å². The van der Waals surface area contributed by atoms with Crippen LogP contribution >= 0.6 is 0 Å². The average Bonchev–Trinajstić information content (AvgIpc) is 2.88. The molecule has 3 atom stereocenters. The van der Waals surface area contributed by atoms with Crippen molar-refractivity contribution in [1.29, 1.82) is 0 Å². The molecule has 2 aliphatic heterocycles. The molecule has 0 aromatic heterocycles. The summed E-state index contributed by atoms with van der Waals surface area (Å²) in [6.45, 7) is 7.69. The topological polar surface area (TPSA) is 58.6 Å². The van der Waals surface area contributed by atoms with Gasteiger partial charge in [0.05, 0.1) is 11.9 Å². The first-order chi connectivity index (χ1) is 8.50. The lowest BCUT2D eigenvalue weighted by atomic mass is 10.1. The van der Waals surface area contributed by atoms with Gasteiger partial charge in [-0.15, -0.1) is 0 Å². The van der Waals surface area contributed by atoms with Crippen LogP contribution in [0.25, 0.3) is 0 Å². The van der Waals surface area contributed by atoms with E-state index in [4.69, 9.17) is 4.74 Å². The first-order valence-corrected chi connectivity index (χ1v) is 8.49. The van der Waals surface area contributed by atoms with Crippen molar-refractivity contribution in [3.8, 4) is 0 Å². The van der Waals surface area contributed by atoms with Crippen molar-refractivity contribution in [2.45, 2.75) is 38.8 Å². The van der Waals surface area contributed by atoms with Gasteiger partial charge in [0.15, 0.2) is 0 Å². The van der Waals surface area contributed by atoms with Gasteiger partial charge < -0.3 is 9.64 Å². The van der Waals surface area contributed by atoms with E-state index < -0.39 is 10.0 Å². The van der Waals surface area contributed by atoms with Crippen LogP contribution in [0.1, 0.15) is 26.7 Å². The van der Waals surface area contributed by atoms with Gasteiger partial charge in [0.25, 0.3) is 0 Å². The number of rotatable bonds is 5. The molecule has 0 radical (unpaired) electrons. The van der Waals surface area contributed by atoms with Crippen LogP contribution in [0, 0.1) is 5.92 Å². The second-order valence-corrected chi connectivity index (χ2v) is 7.27. The Morgan fingerprint density at radius 1 is 1.39 bits per heavy atom. The standard InChI is InChI=1S/C12H24N2O3S/c1-3-14-7-10(2)12(8-14)13-18(15,16)9-11-5-4-6-17-11/h10-13H,3-9H2,1-2H3/t10-,11+,12-/m0/s1. The van der Waals surface area contributed by atoms with Crippen molar-refractivity contribution in [3.63, 3.8) is 0 Å². The predicted octanol–water partition coefficient (Wildman–Crippen LogP) is 0.425. The molecule has 18 heavy (non-hydrogen) atoms. The van der Waals surface area contributed by atoms with E-state index in [0.717, 1.165) is 32.5 Å². The van der Waals surface area contributed by atoms with E-state index in [1.807, 2.05) is 0 Å². The zero-order valence-corrected chi connectivity index (χ0v) is 12.1. The van der Waals surface area contributed by atoms with Crippen LogP contribution in [-0.2, 0) is 14.8 Å². The van der Waals surface area contributed by atoms with Crippen molar-refractivity contribution < 1.29 is 13.2 Å². The molecule has 0 aliphatic carbocycles. The highest BCUT2D eigenvalue weighted by molar-refractivity contribution is 7.89. The first-order valence-electron chi connectivity index (χ1n) is 6.84. The molecule has 0 spiro atoms. The Morgan fingerprint density at radius 2 is 2.17 bits per heavy atom. The number of likely N-dealkylation sites (tertiary alicyclic amines) is 1. The number of ether oxygens (including phenoxy) is 1. The normalized spacial score (nSPS) is 34.2. The van der Waals surface area contributed by atoms with Gasteiger partial charge in [-0.3, -0.25) is 0 Å². The highest BCUT2D eigenvalue weighted by atomic mass is 32.2. The molecule has 2 aliphatic rings. The maximum atomic E-state index is 12.1. The van der Waals surface area contributed by atoms with Crippen molar-refractivity contribution in [3.05, 3.63) is 0 Å². The Bertz CT molecular complexity index is 366. The maximum Gasteiger partial charge on any atom is 0.214 e. The van der Waals surface area contributed by atoms with E-state index >= 15 is 0 Å². The minimum absolute atomic E-state index is 0.0522. The highest BCUT2D eigenvalue weighted by Crippen LogP contribution is 2.18. The summed E-state index contributed by atoms with van der Waals surface area (Å²) < 4.78 is 32.4. The van der Waals surface area contributed by atoms with Crippen molar-refractivity contribution in [1.82, 2.24) is 9.62 Å². The van der Waals surface area contributed by atoms with E-state index in [1.54, 1.807) is 0 Å². The molecule has 6 heteroatoms. The second-order valence-electron chi connectivity index (χ2n) is 5.47. The van der Waals surface area contributed by atoms with Crippen LogP contribution in [0.15, 0.2) is 0 Å². The lowest BCUT2D eigenvalue weighted by Crippen LogP contribution is -2.42. The van der Waals surface area contributed by atoms with Crippen LogP contribution in [0.4, 0.5) is 0 Å². The molecule has 0 bridgehead atoms. The Balaban J connectivity index is 1.87. The largest absolute Gasteiger partial charge is 0.377 e. The van der Waals surface area contributed by atoms with Gasteiger partial charge in [-0.1, -0.05) is 13.8 Å². The summed E-state index contributed by atoms with van der Waals surface area (Å²) in [5.41, 5.74) is 0. The molecule has 0 unspecified atom stereocenters. The van der Waals surface area contributed by atoms with Crippen LogP contribution < -0.4 is 4.72 Å². The zero-order valence-electron chi connectivity index (χ0n) is 11.3. The number of hydrogen-bond donors (Lipinski definition) is 1. The molecule has 2 saturated heterocycles. The Hall–Kier alpha value is -0.170. The molecule has 0 aromatic rings. The highest BCUT2D eigenvalue weighted by Gasteiger charge is 2.33. The maximum absolute atomic E-state index is 12.1. The summed E-state index contributed by atoms with van der Waals surface area (Å²) in [6, 6.07) is 0.0522. The van der Waals surface area contributed by atoms with Gasteiger partial charge in [0.1, 0.15) is 0 Å². The number of nitrogens with one attached hydrogen (secondary N) is 1. The summed E-state index contributed by atoms with van der Waals surface area (Å²) in [4.78, 5) is 2.28. The lowest BCUT2D eigenvalue weighted by molar-refractivity contribution is 0.127. The number of sulfonamides is 1. The molecule has 0 saturated carbocycles. The summed E-state index contributed by atoms with van der Waals surface area (Å²) in [5, 5.41) is 0. The Labute approximate surface area is 110 Å². The van der Waals surface area contributed by atoms with Gasteiger partial charge in [-0.05, 0) is 25.3 Å². The molecular formula is C12H24N2O3S. The van der Waals surface area contributed by atoms with Gasteiger partial charge in [-0.2, -0.15) is 0 Å². The zero-order chi connectivity index (χ0) is 13.2.